The predicted molar refractivity (Wildman–Crippen MR) is 579 cm³/mol. The third-order valence-electron chi connectivity index (χ3n) is 24.8. The van der Waals surface area contributed by atoms with Crippen molar-refractivity contribution in [2.45, 2.75) is 55.4 Å². The summed E-state index contributed by atoms with van der Waals surface area (Å²) >= 11 is 0. The number of benzene rings is 20. The third kappa shape index (κ3) is 20.1. The van der Waals surface area contributed by atoms with Crippen molar-refractivity contribution in [3.63, 3.8) is 0 Å². The molecule has 0 unspecified atom stereocenters. The molecule has 0 bridgehead atoms. The lowest BCUT2D eigenvalue weighted by atomic mass is 10.0. The van der Waals surface area contributed by atoms with E-state index < -0.39 is 0 Å². The van der Waals surface area contributed by atoms with Gasteiger partial charge in [0.1, 0.15) is 0 Å². The lowest BCUT2D eigenvalue weighted by molar-refractivity contribution is 1.24. The molecule has 660 valence electrons. The van der Waals surface area contributed by atoms with Gasteiger partial charge in [0.2, 0.25) is 0 Å². The molecule has 0 aliphatic rings. The average Bonchev–Trinajstić information content (AvgIpc) is 0.797. The summed E-state index contributed by atoms with van der Waals surface area (Å²) in [5, 5.41) is 0. The fourth-order valence-corrected chi connectivity index (χ4v) is 18.2. The van der Waals surface area contributed by atoms with Gasteiger partial charge in [-0.1, -0.05) is 218 Å². The average molecular weight is 1760 g/mol. The molecule has 0 saturated carbocycles. The summed E-state index contributed by atoms with van der Waals surface area (Å²) in [6, 6.07) is 183. The molecule has 0 N–H and O–H groups in total. The second kappa shape index (κ2) is 40.7. The van der Waals surface area contributed by atoms with Gasteiger partial charge in [-0.15, -0.1) is 0 Å². The van der Waals surface area contributed by atoms with E-state index >= 15 is 0 Å². The molecule has 0 aliphatic heterocycles. The normalized spacial score (nSPS) is 10.9. The molecule has 136 heavy (non-hydrogen) atoms. The molecular weight excluding hydrogens is 1650 g/mol. The Morgan fingerprint density at radius 1 is 0.0882 bits per heavy atom. The summed E-state index contributed by atoms with van der Waals surface area (Å²) < 4.78 is 0. The molecule has 0 spiro atoms. The van der Waals surface area contributed by atoms with E-state index in [1.807, 2.05) is 0 Å². The van der Waals surface area contributed by atoms with Crippen LogP contribution < -0.4 is 39.2 Å². The van der Waals surface area contributed by atoms with Crippen LogP contribution in [0.1, 0.15) is 44.5 Å². The fourth-order valence-electron chi connectivity index (χ4n) is 18.2. The van der Waals surface area contributed by atoms with Crippen molar-refractivity contribution in [1.82, 2.24) is 0 Å². The van der Waals surface area contributed by atoms with Crippen LogP contribution in [0.15, 0.2) is 510 Å². The van der Waals surface area contributed by atoms with Crippen molar-refractivity contribution >= 4 is 136 Å². The van der Waals surface area contributed by atoms with Crippen LogP contribution in [0, 0.1) is 55.4 Å². The maximum Gasteiger partial charge on any atom is 0.0464 e. The summed E-state index contributed by atoms with van der Waals surface area (Å²) in [4.78, 5) is 18.6. The highest BCUT2D eigenvalue weighted by molar-refractivity contribution is 5.89. The Morgan fingerprint density at radius 2 is 0.184 bits per heavy atom. The molecule has 0 radical (unpaired) electrons. The Bertz CT molecular complexity index is 6330. The quantitative estimate of drug-likeness (QED) is 0.0529. The van der Waals surface area contributed by atoms with Gasteiger partial charge in [0.25, 0.3) is 0 Å². The molecule has 0 heterocycles. The highest BCUT2D eigenvalue weighted by Gasteiger charge is 2.24. The van der Waals surface area contributed by atoms with Crippen molar-refractivity contribution in [3.05, 3.63) is 554 Å². The smallest absolute Gasteiger partial charge is 0.0464 e. The number of rotatable bonds is 26. The van der Waals surface area contributed by atoms with Crippen LogP contribution in [0.4, 0.5) is 136 Å². The number of anilines is 24. The Kier molecular flexibility index (Phi) is 26.3. The van der Waals surface area contributed by atoms with E-state index in [2.05, 4.69) is 604 Å². The minimum absolute atomic E-state index is 1.08. The van der Waals surface area contributed by atoms with Crippen molar-refractivity contribution in [2.24, 2.45) is 0 Å². The van der Waals surface area contributed by atoms with Crippen molar-refractivity contribution < 1.29 is 0 Å². The standard InChI is InChI=1S/2C64H54N4/c2*1-47-15-11-23-61(43-47)67(62-24-12-16-48(2)44-62)59-39-35-57(36-40-59)65(53-19-7-5-8-20-53)55-31-27-51(28-32-55)52-29-33-56(34-30-52)66(54-21-9-6-10-22-54)58-37-41-60(42-38-58)68(63-25-13-17-49(3)45-63)64-26-14-18-50(4)46-64/h2*5-46H,1-4H3. The van der Waals surface area contributed by atoms with E-state index in [1.54, 1.807) is 0 Å². The first-order valence-corrected chi connectivity index (χ1v) is 46.7. The molecule has 0 saturated heterocycles. The molecular formula is C128H108N8. The van der Waals surface area contributed by atoms with Gasteiger partial charge in [0.15, 0.2) is 0 Å². The summed E-state index contributed by atoms with van der Waals surface area (Å²) in [5.74, 6) is 0. The molecule has 0 atom stereocenters. The maximum absolute atomic E-state index is 2.33. The Balaban J connectivity index is 0.000000174. The second-order valence-electron chi connectivity index (χ2n) is 35.0. The topological polar surface area (TPSA) is 25.9 Å². The molecule has 8 heteroatoms. The van der Waals surface area contributed by atoms with Crippen LogP contribution in [-0.2, 0) is 0 Å². The molecule has 20 aromatic carbocycles. The van der Waals surface area contributed by atoms with Crippen molar-refractivity contribution in [2.75, 3.05) is 39.2 Å². The molecule has 0 aliphatic carbocycles. The van der Waals surface area contributed by atoms with Crippen LogP contribution in [0.5, 0.6) is 0 Å². The first kappa shape index (κ1) is 88.1. The predicted octanol–water partition coefficient (Wildman–Crippen LogP) is 36.9. The zero-order valence-electron chi connectivity index (χ0n) is 78.1. The van der Waals surface area contributed by atoms with Gasteiger partial charge in [-0.3, -0.25) is 0 Å². The Hall–Kier alpha value is -17.2. The van der Waals surface area contributed by atoms with Crippen LogP contribution in [0.3, 0.4) is 0 Å². The first-order valence-electron chi connectivity index (χ1n) is 46.7. The maximum atomic E-state index is 2.33. The van der Waals surface area contributed by atoms with Crippen LogP contribution in [0.25, 0.3) is 22.3 Å². The number of para-hydroxylation sites is 4. The number of hydrogen-bond acceptors (Lipinski definition) is 8. The van der Waals surface area contributed by atoms with E-state index in [9.17, 15) is 0 Å². The third-order valence-corrected chi connectivity index (χ3v) is 24.8. The highest BCUT2D eigenvalue weighted by atomic mass is 15.2. The summed E-state index contributed by atoms with van der Waals surface area (Å²) in [6.07, 6.45) is 0. The van der Waals surface area contributed by atoms with Gasteiger partial charge in [-0.25, -0.2) is 0 Å². The van der Waals surface area contributed by atoms with Gasteiger partial charge in [0, 0.05) is 136 Å². The zero-order valence-corrected chi connectivity index (χ0v) is 78.1. The van der Waals surface area contributed by atoms with Crippen molar-refractivity contribution in [1.29, 1.82) is 0 Å². The minimum atomic E-state index is 1.08. The number of hydrogen-bond donors (Lipinski definition) is 0. The Labute approximate surface area is 802 Å². The highest BCUT2D eigenvalue weighted by Crippen LogP contribution is 2.48. The van der Waals surface area contributed by atoms with Crippen LogP contribution in [0.2, 0.25) is 0 Å². The molecule has 0 aromatic heterocycles. The number of nitrogens with zero attached hydrogens (tertiary/aromatic N) is 8. The molecule has 0 fully saturated rings. The Morgan fingerprint density at radius 3 is 0.301 bits per heavy atom. The van der Waals surface area contributed by atoms with Crippen molar-refractivity contribution in [3.8, 4) is 22.3 Å². The van der Waals surface area contributed by atoms with Crippen LogP contribution in [-0.4, -0.2) is 0 Å². The van der Waals surface area contributed by atoms with Gasteiger partial charge in [-0.05, 0) is 413 Å². The molecule has 8 nitrogen and oxygen atoms in total. The molecule has 20 rings (SSSR count). The largest absolute Gasteiger partial charge is 0.311 e. The van der Waals surface area contributed by atoms with E-state index in [0.717, 1.165) is 159 Å². The fraction of sp³-hybridized carbons (Fsp3) is 0.0625. The van der Waals surface area contributed by atoms with Gasteiger partial charge < -0.3 is 39.2 Å². The van der Waals surface area contributed by atoms with Gasteiger partial charge >= 0.3 is 0 Å². The van der Waals surface area contributed by atoms with Gasteiger partial charge in [0.05, 0.1) is 0 Å². The van der Waals surface area contributed by atoms with E-state index in [1.165, 1.54) is 44.5 Å². The lowest BCUT2D eigenvalue weighted by Crippen LogP contribution is -2.12. The van der Waals surface area contributed by atoms with Crippen LogP contribution >= 0.6 is 0 Å². The van der Waals surface area contributed by atoms with E-state index in [0.29, 0.717) is 0 Å². The summed E-state index contributed by atoms with van der Waals surface area (Å²) in [7, 11) is 0. The monoisotopic (exact) mass is 1760 g/mol. The lowest BCUT2D eigenvalue weighted by Gasteiger charge is -2.29. The summed E-state index contributed by atoms with van der Waals surface area (Å²) in [5.41, 5.74) is 40.9. The summed E-state index contributed by atoms with van der Waals surface area (Å²) in [6.45, 7) is 17.2. The second-order valence-corrected chi connectivity index (χ2v) is 35.0. The minimum Gasteiger partial charge on any atom is -0.311 e. The number of aryl methyl sites for hydroxylation is 8. The van der Waals surface area contributed by atoms with E-state index in [4.69, 9.17) is 0 Å². The van der Waals surface area contributed by atoms with Gasteiger partial charge in [-0.2, -0.15) is 0 Å². The molecule has 20 aromatic rings. The SMILES string of the molecule is Cc1cccc(N(c2ccc(N(c3ccccc3)c3ccc(-c4ccc(N(c5ccccc5)c5ccc(N(c6cccc(C)c6)c6cccc(C)c6)cc5)cc4)cc3)cc2)c2cccc(C)c2)c1.Cc1cccc(N(c2ccc(N(c3ccccc3)c3ccc(-c4ccc(N(c5ccccc5)c5ccc(N(c6cccc(C)c6)c6cccc(C)c6)cc5)cc4)cc3)cc2)c2cccc(C)c2)c1. The zero-order chi connectivity index (χ0) is 92.8. The van der Waals surface area contributed by atoms with E-state index in [-0.39, 0.29) is 0 Å². The first-order chi connectivity index (χ1) is 66.7. The molecule has 0 amide bonds.